The molecule has 0 bridgehead atoms. The molecule has 3 aliphatic heterocycles. The quantitative estimate of drug-likeness (QED) is 0.401. The summed E-state index contributed by atoms with van der Waals surface area (Å²) in [5, 5.41) is 3.25. The second-order valence-corrected chi connectivity index (χ2v) is 11.4. The van der Waals surface area contributed by atoms with Gasteiger partial charge in [0.05, 0.1) is 19.6 Å². The van der Waals surface area contributed by atoms with Gasteiger partial charge in [0, 0.05) is 58.3 Å². The molecule has 0 spiro atoms. The predicted octanol–water partition coefficient (Wildman–Crippen LogP) is 2.26. The Morgan fingerprint density at radius 1 is 0.767 bits per heavy atom. The van der Waals surface area contributed by atoms with Crippen molar-refractivity contribution in [2.24, 2.45) is 0 Å². The largest absolute Gasteiger partial charge is 0.488 e. The van der Waals surface area contributed by atoms with Crippen LogP contribution in [-0.2, 0) is 19.2 Å². The molecule has 10 nitrogen and oxygen atoms in total. The summed E-state index contributed by atoms with van der Waals surface area (Å²) in [5.41, 5.74) is 0. The first kappa shape index (κ1) is 30.6. The van der Waals surface area contributed by atoms with Crippen LogP contribution in [0.25, 0.3) is 0 Å². The lowest BCUT2D eigenvalue weighted by Gasteiger charge is -2.38. The first-order valence-electron chi connectivity index (χ1n) is 14.6. The van der Waals surface area contributed by atoms with Crippen LogP contribution in [-0.4, -0.2) is 101 Å². The first-order chi connectivity index (χ1) is 20.6. The van der Waals surface area contributed by atoms with Crippen LogP contribution in [0.4, 0.5) is 8.78 Å². The van der Waals surface area contributed by atoms with Crippen LogP contribution in [0.2, 0.25) is 0 Å². The van der Waals surface area contributed by atoms with Gasteiger partial charge in [-0.15, -0.1) is 0 Å². The second-order valence-electron chi connectivity index (χ2n) is 11.4. The maximum atomic E-state index is 14.6. The number of amides is 4. The molecule has 0 radical (unpaired) electrons. The molecule has 3 unspecified atom stereocenters. The van der Waals surface area contributed by atoms with Gasteiger partial charge in [-0.1, -0.05) is 12.1 Å². The second kappa shape index (κ2) is 12.8. The zero-order valence-corrected chi connectivity index (χ0v) is 24.3. The Hall–Kier alpha value is -3.90. The van der Waals surface area contributed by atoms with Gasteiger partial charge in [-0.25, -0.2) is 18.4 Å². The number of ether oxygens (including phenoxy) is 2. The molecule has 2 aromatic carbocycles. The van der Waals surface area contributed by atoms with Crippen molar-refractivity contribution in [2.75, 3.05) is 39.3 Å². The van der Waals surface area contributed by atoms with E-state index in [-0.39, 0.29) is 62.3 Å². The lowest BCUT2D eigenvalue weighted by Crippen LogP contribution is -2.67. The van der Waals surface area contributed by atoms with Crippen LogP contribution in [0.5, 0.6) is 11.5 Å². The van der Waals surface area contributed by atoms with Gasteiger partial charge in [0.1, 0.15) is 41.9 Å². The number of carbonyl (C=O) groups is 4. The number of halogens is 2. The number of hydrogen-bond donors (Lipinski definition) is 1. The Morgan fingerprint density at radius 2 is 1.26 bits per heavy atom. The van der Waals surface area contributed by atoms with Crippen molar-refractivity contribution in [1.82, 2.24) is 15.1 Å². The molecule has 3 fully saturated rings. The maximum absolute atomic E-state index is 14.6. The van der Waals surface area contributed by atoms with Gasteiger partial charge in [-0.2, -0.15) is 4.48 Å². The van der Waals surface area contributed by atoms with Crippen molar-refractivity contribution in [3.05, 3.63) is 60.2 Å². The van der Waals surface area contributed by atoms with Gasteiger partial charge in [-0.05, 0) is 24.3 Å². The Labute approximate surface area is 249 Å². The number of hydrogen-bond acceptors (Lipinski definition) is 7. The molecule has 3 saturated heterocycles. The monoisotopic (exact) mass is 599 g/mol. The molecular weight excluding hydrogens is 562 g/mol. The molecule has 2 aromatic rings. The third kappa shape index (κ3) is 6.54. The molecule has 230 valence electrons. The van der Waals surface area contributed by atoms with E-state index >= 15 is 0 Å². The smallest absolute Gasteiger partial charge is 0.343 e. The van der Waals surface area contributed by atoms with E-state index in [9.17, 15) is 28.0 Å². The van der Waals surface area contributed by atoms with Crippen molar-refractivity contribution >= 4 is 23.6 Å². The van der Waals surface area contributed by atoms with Gasteiger partial charge in [0.15, 0.2) is 12.1 Å². The highest BCUT2D eigenvalue weighted by Crippen LogP contribution is 2.32. The first-order valence-corrected chi connectivity index (χ1v) is 14.6. The standard InChI is InChI=1S/C31H37F2N4O6/c1-20(38)35-18-26(42-24-8-3-6-22(32)14-24)16-28(35)30(40)37(12-5-10-34-11-13-37)31(41)29-17-27(19-36(29)21(2)39)43-25-9-4-7-23(33)15-25/h3-4,6-9,14-15,26-29,34H,5,10-13,16-19H2,1-2H3/q+1/t26-,27?,28+,29?,37?/m0/s1. The number of rotatable bonds is 6. The molecule has 0 aliphatic carbocycles. The predicted molar refractivity (Wildman–Crippen MR) is 151 cm³/mol. The van der Waals surface area contributed by atoms with E-state index in [4.69, 9.17) is 9.47 Å². The third-order valence-electron chi connectivity index (χ3n) is 8.51. The summed E-state index contributed by atoms with van der Waals surface area (Å²) in [6.07, 6.45) is -0.346. The van der Waals surface area contributed by atoms with Crippen LogP contribution in [0, 0.1) is 11.6 Å². The molecule has 3 aliphatic rings. The SMILES string of the molecule is CC(=O)N1CC(Oc2cccc(F)c2)CC1C(=O)[N+]1(C(=O)[C@H]2C[C@H](Oc3cccc(F)c3)CN2C(C)=O)CCCNCC1. The number of likely N-dealkylation sites (tertiary alicyclic amines) is 2. The van der Waals surface area contributed by atoms with Gasteiger partial charge < -0.3 is 24.6 Å². The fourth-order valence-electron chi connectivity index (χ4n) is 6.50. The van der Waals surface area contributed by atoms with Crippen molar-refractivity contribution in [3.8, 4) is 11.5 Å². The summed E-state index contributed by atoms with van der Waals surface area (Å²) in [4.78, 5) is 57.4. The van der Waals surface area contributed by atoms with E-state index in [0.29, 0.717) is 19.5 Å². The molecule has 5 atom stereocenters. The van der Waals surface area contributed by atoms with Crippen LogP contribution < -0.4 is 14.8 Å². The molecule has 1 N–H and O–H groups in total. The number of nitrogens with one attached hydrogen (secondary N) is 1. The van der Waals surface area contributed by atoms with Gasteiger partial charge >= 0.3 is 11.8 Å². The number of carbonyl (C=O) groups excluding carboxylic acids is 4. The van der Waals surface area contributed by atoms with Crippen molar-refractivity contribution < 1.29 is 41.9 Å². The van der Waals surface area contributed by atoms with E-state index in [1.54, 1.807) is 12.1 Å². The molecule has 3 heterocycles. The highest BCUT2D eigenvalue weighted by molar-refractivity contribution is 5.94. The van der Waals surface area contributed by atoms with E-state index in [1.165, 1.54) is 60.0 Å². The summed E-state index contributed by atoms with van der Waals surface area (Å²) >= 11 is 0. The Kier molecular flexibility index (Phi) is 9.07. The fraction of sp³-hybridized carbons (Fsp3) is 0.484. The van der Waals surface area contributed by atoms with Crippen LogP contribution >= 0.6 is 0 Å². The van der Waals surface area contributed by atoms with Crippen molar-refractivity contribution in [2.45, 2.75) is 57.4 Å². The van der Waals surface area contributed by atoms with E-state index in [2.05, 4.69) is 5.32 Å². The molecule has 43 heavy (non-hydrogen) atoms. The van der Waals surface area contributed by atoms with E-state index in [0.717, 1.165) is 0 Å². The average Bonchev–Trinajstić information content (AvgIpc) is 3.49. The summed E-state index contributed by atoms with van der Waals surface area (Å²) < 4.78 is 38.9. The zero-order valence-electron chi connectivity index (χ0n) is 24.3. The average molecular weight is 600 g/mol. The summed E-state index contributed by atoms with van der Waals surface area (Å²) in [6.45, 7) is 4.33. The Balaban J connectivity index is 1.42. The molecule has 0 aromatic heterocycles. The lowest BCUT2D eigenvalue weighted by molar-refractivity contribution is -0.779. The van der Waals surface area contributed by atoms with Crippen LogP contribution in [0.15, 0.2) is 48.5 Å². The summed E-state index contributed by atoms with van der Waals surface area (Å²) in [5.74, 6) is -1.88. The van der Waals surface area contributed by atoms with Crippen LogP contribution in [0.3, 0.4) is 0 Å². The Morgan fingerprint density at radius 3 is 1.70 bits per heavy atom. The highest BCUT2D eigenvalue weighted by Gasteiger charge is 2.57. The molecule has 5 rings (SSSR count). The minimum atomic E-state index is -0.940. The minimum absolute atomic E-state index is 0.112. The van der Waals surface area contributed by atoms with E-state index < -0.39 is 52.2 Å². The normalized spacial score (nSPS) is 27.4. The number of benzene rings is 2. The van der Waals surface area contributed by atoms with Crippen molar-refractivity contribution in [1.29, 1.82) is 0 Å². The molecular formula is C31H37F2N4O6+. The minimum Gasteiger partial charge on any atom is -0.488 e. The van der Waals surface area contributed by atoms with Gasteiger partial charge in [0.25, 0.3) is 0 Å². The van der Waals surface area contributed by atoms with Gasteiger partial charge in [0.2, 0.25) is 11.8 Å². The number of imide groups is 1. The Bertz CT molecular complexity index is 1290. The lowest BCUT2D eigenvalue weighted by atomic mass is 10.0. The topological polar surface area (TPSA) is 105 Å². The van der Waals surface area contributed by atoms with E-state index in [1.807, 2.05) is 0 Å². The number of nitrogens with zero attached hydrogens (tertiary/aromatic N) is 3. The summed E-state index contributed by atoms with van der Waals surface area (Å²) in [7, 11) is 0. The highest BCUT2D eigenvalue weighted by atomic mass is 19.1. The molecule has 0 saturated carbocycles. The van der Waals surface area contributed by atoms with Crippen molar-refractivity contribution in [3.63, 3.8) is 0 Å². The molecule has 12 heteroatoms. The van der Waals surface area contributed by atoms with Crippen LogP contribution in [0.1, 0.15) is 33.1 Å². The summed E-state index contributed by atoms with van der Waals surface area (Å²) in [6, 6.07) is 9.43. The maximum Gasteiger partial charge on any atom is 0.343 e. The number of quaternary nitrogens is 1. The van der Waals surface area contributed by atoms with Gasteiger partial charge in [-0.3, -0.25) is 9.59 Å². The fourth-order valence-corrected chi connectivity index (χ4v) is 6.50. The third-order valence-corrected chi connectivity index (χ3v) is 8.51. The molecule has 4 amide bonds. The zero-order chi connectivity index (χ0) is 30.7.